The molecule has 1 rings (SSSR count). The second kappa shape index (κ2) is 8.53. The van der Waals surface area contributed by atoms with E-state index in [1.165, 1.54) is 12.1 Å². The molecule has 0 aliphatic carbocycles. The smallest absolute Gasteiger partial charge is 0.339 e. The highest BCUT2D eigenvalue weighted by molar-refractivity contribution is 6.17. The lowest BCUT2D eigenvalue weighted by atomic mass is 10.1. The first-order valence-electron chi connectivity index (χ1n) is 6.22. The van der Waals surface area contributed by atoms with Crippen molar-refractivity contribution in [2.45, 2.75) is 25.7 Å². The van der Waals surface area contributed by atoms with Gasteiger partial charge in [0.15, 0.2) is 0 Å². The Bertz CT molecular complexity index is 431. The van der Waals surface area contributed by atoms with E-state index in [4.69, 9.17) is 21.4 Å². The minimum Gasteiger partial charge on any atom is -0.478 e. The van der Waals surface area contributed by atoms with E-state index in [1.54, 1.807) is 12.1 Å². The zero-order valence-electron chi connectivity index (χ0n) is 10.6. The summed E-state index contributed by atoms with van der Waals surface area (Å²) in [5.41, 5.74) is 0.0606. The van der Waals surface area contributed by atoms with Crippen LogP contribution in [0.5, 0.6) is 0 Å². The lowest BCUT2D eigenvalue weighted by Crippen LogP contribution is -2.12. The van der Waals surface area contributed by atoms with Crippen molar-refractivity contribution in [3.05, 3.63) is 35.4 Å². The fourth-order valence-electron chi connectivity index (χ4n) is 1.64. The molecule has 0 aliphatic rings. The van der Waals surface area contributed by atoms with Crippen molar-refractivity contribution >= 4 is 23.5 Å². The van der Waals surface area contributed by atoms with Gasteiger partial charge in [-0.25, -0.2) is 9.59 Å². The number of rotatable bonds is 8. The van der Waals surface area contributed by atoms with Crippen LogP contribution >= 0.6 is 11.6 Å². The number of hydrogen-bond donors (Lipinski definition) is 1. The van der Waals surface area contributed by atoms with Gasteiger partial charge in [-0.1, -0.05) is 25.0 Å². The van der Waals surface area contributed by atoms with Gasteiger partial charge in [0.05, 0.1) is 17.7 Å². The first-order chi connectivity index (χ1) is 9.16. The number of unbranched alkanes of at least 4 members (excludes halogenated alkanes) is 3. The number of carbonyl (C=O) groups is 2. The van der Waals surface area contributed by atoms with Gasteiger partial charge in [0.1, 0.15) is 0 Å². The van der Waals surface area contributed by atoms with Crippen molar-refractivity contribution in [2.24, 2.45) is 0 Å². The van der Waals surface area contributed by atoms with Gasteiger partial charge in [0.25, 0.3) is 0 Å². The van der Waals surface area contributed by atoms with Gasteiger partial charge < -0.3 is 9.84 Å². The number of carboxylic acids is 1. The van der Waals surface area contributed by atoms with Crippen LogP contribution in [0.3, 0.4) is 0 Å². The molecular weight excluding hydrogens is 268 g/mol. The average Bonchev–Trinajstić information content (AvgIpc) is 2.42. The molecule has 0 saturated heterocycles. The van der Waals surface area contributed by atoms with Gasteiger partial charge >= 0.3 is 11.9 Å². The van der Waals surface area contributed by atoms with E-state index in [2.05, 4.69) is 0 Å². The summed E-state index contributed by atoms with van der Waals surface area (Å²) in [4.78, 5) is 22.7. The number of carbonyl (C=O) groups excluding carboxylic acids is 1. The molecule has 0 aliphatic heterocycles. The maximum atomic E-state index is 11.8. The molecule has 4 nitrogen and oxygen atoms in total. The van der Waals surface area contributed by atoms with E-state index in [1.807, 2.05) is 0 Å². The van der Waals surface area contributed by atoms with Crippen molar-refractivity contribution < 1.29 is 19.4 Å². The second-order valence-corrected chi connectivity index (χ2v) is 4.47. The Morgan fingerprint density at radius 1 is 1.05 bits per heavy atom. The maximum absolute atomic E-state index is 11.8. The Kier molecular flexibility index (Phi) is 6.97. The van der Waals surface area contributed by atoms with Crippen LogP contribution in [-0.4, -0.2) is 29.5 Å². The summed E-state index contributed by atoms with van der Waals surface area (Å²) in [5, 5.41) is 8.96. The van der Waals surface area contributed by atoms with Crippen LogP contribution in [0.4, 0.5) is 0 Å². The number of alkyl halides is 1. The highest BCUT2D eigenvalue weighted by Gasteiger charge is 2.16. The van der Waals surface area contributed by atoms with Gasteiger partial charge in [0.2, 0.25) is 0 Å². The molecule has 0 radical (unpaired) electrons. The molecule has 0 fully saturated rings. The standard InChI is InChI=1S/C14H17ClO4/c15-9-5-1-2-6-10-19-14(18)12-8-4-3-7-11(12)13(16)17/h3-4,7-8H,1-2,5-6,9-10H2,(H,16,17). The Morgan fingerprint density at radius 2 is 1.68 bits per heavy atom. The molecule has 0 amide bonds. The van der Waals surface area contributed by atoms with Crippen LogP contribution < -0.4 is 0 Å². The van der Waals surface area contributed by atoms with Gasteiger partial charge in [-0.05, 0) is 25.0 Å². The summed E-state index contributed by atoms with van der Waals surface area (Å²) < 4.78 is 5.06. The summed E-state index contributed by atoms with van der Waals surface area (Å²) in [5.74, 6) is -1.07. The summed E-state index contributed by atoms with van der Waals surface area (Å²) in [6, 6.07) is 6.04. The monoisotopic (exact) mass is 284 g/mol. The highest BCUT2D eigenvalue weighted by Crippen LogP contribution is 2.11. The number of esters is 1. The third kappa shape index (κ3) is 5.30. The molecule has 1 aromatic rings. The SMILES string of the molecule is O=C(O)c1ccccc1C(=O)OCCCCCCCl. The van der Waals surface area contributed by atoms with Crippen LogP contribution in [0.2, 0.25) is 0 Å². The van der Waals surface area contributed by atoms with Crippen LogP contribution in [0.25, 0.3) is 0 Å². The van der Waals surface area contributed by atoms with Crippen molar-refractivity contribution in [3.8, 4) is 0 Å². The number of ether oxygens (including phenoxy) is 1. The van der Waals surface area contributed by atoms with Gasteiger partial charge in [-0.15, -0.1) is 11.6 Å². The summed E-state index contributed by atoms with van der Waals surface area (Å²) in [6.45, 7) is 0.301. The molecule has 0 bridgehead atoms. The highest BCUT2D eigenvalue weighted by atomic mass is 35.5. The molecular formula is C14H17ClO4. The van der Waals surface area contributed by atoms with Crippen molar-refractivity contribution in [3.63, 3.8) is 0 Å². The fraction of sp³-hybridized carbons (Fsp3) is 0.429. The van der Waals surface area contributed by atoms with Gasteiger partial charge in [-0.2, -0.15) is 0 Å². The van der Waals surface area contributed by atoms with Crippen LogP contribution in [0.15, 0.2) is 24.3 Å². The second-order valence-electron chi connectivity index (χ2n) is 4.09. The van der Waals surface area contributed by atoms with E-state index in [-0.39, 0.29) is 11.1 Å². The first kappa shape index (κ1) is 15.5. The Morgan fingerprint density at radius 3 is 2.32 bits per heavy atom. The summed E-state index contributed by atoms with van der Waals surface area (Å²) in [6.07, 6.45) is 3.67. The van der Waals surface area contributed by atoms with E-state index >= 15 is 0 Å². The minimum absolute atomic E-state index is 0.0327. The van der Waals surface area contributed by atoms with Crippen molar-refractivity contribution in [1.29, 1.82) is 0 Å². The lowest BCUT2D eigenvalue weighted by Gasteiger charge is -2.06. The zero-order valence-corrected chi connectivity index (χ0v) is 11.4. The minimum atomic E-state index is -1.13. The zero-order chi connectivity index (χ0) is 14.1. The summed E-state index contributed by atoms with van der Waals surface area (Å²) in [7, 11) is 0. The molecule has 1 aromatic carbocycles. The Balaban J connectivity index is 2.43. The Hall–Kier alpha value is -1.55. The van der Waals surface area contributed by atoms with Crippen LogP contribution in [-0.2, 0) is 4.74 Å². The van der Waals surface area contributed by atoms with Crippen LogP contribution in [0, 0.1) is 0 Å². The molecule has 5 heteroatoms. The molecule has 104 valence electrons. The van der Waals surface area contributed by atoms with Gasteiger partial charge in [-0.3, -0.25) is 0 Å². The number of hydrogen-bond acceptors (Lipinski definition) is 3. The lowest BCUT2D eigenvalue weighted by molar-refractivity contribution is 0.0487. The predicted molar refractivity (Wildman–Crippen MR) is 72.9 cm³/mol. The molecule has 19 heavy (non-hydrogen) atoms. The molecule has 0 unspecified atom stereocenters. The normalized spacial score (nSPS) is 10.2. The molecule has 0 spiro atoms. The summed E-state index contributed by atoms with van der Waals surface area (Å²) >= 11 is 5.55. The van der Waals surface area contributed by atoms with E-state index < -0.39 is 11.9 Å². The van der Waals surface area contributed by atoms with E-state index in [0.29, 0.717) is 12.5 Å². The van der Waals surface area contributed by atoms with E-state index in [9.17, 15) is 9.59 Å². The number of aromatic carboxylic acids is 1. The molecule has 0 aromatic heterocycles. The maximum Gasteiger partial charge on any atom is 0.339 e. The van der Waals surface area contributed by atoms with Crippen molar-refractivity contribution in [1.82, 2.24) is 0 Å². The molecule has 0 atom stereocenters. The predicted octanol–water partition coefficient (Wildman–Crippen LogP) is 3.34. The molecule has 1 N–H and O–H groups in total. The quantitative estimate of drug-likeness (QED) is 0.452. The van der Waals surface area contributed by atoms with Gasteiger partial charge in [0, 0.05) is 5.88 Å². The van der Waals surface area contributed by atoms with E-state index in [0.717, 1.165) is 25.7 Å². The third-order valence-corrected chi connectivity index (χ3v) is 2.91. The largest absolute Gasteiger partial charge is 0.478 e. The van der Waals surface area contributed by atoms with Crippen molar-refractivity contribution in [2.75, 3.05) is 12.5 Å². The topological polar surface area (TPSA) is 63.6 Å². The average molecular weight is 285 g/mol. The number of carboxylic acid groups (broad SMARTS) is 1. The molecule has 0 heterocycles. The van der Waals surface area contributed by atoms with Crippen LogP contribution in [0.1, 0.15) is 46.4 Å². The number of benzene rings is 1. The number of halogens is 1. The third-order valence-electron chi connectivity index (χ3n) is 2.64. The fourth-order valence-corrected chi connectivity index (χ4v) is 1.83. The Labute approximate surface area is 117 Å². The molecule has 0 saturated carbocycles. The first-order valence-corrected chi connectivity index (χ1v) is 6.75.